The molecule has 0 aromatic heterocycles. The maximum absolute atomic E-state index is 13.1. The third-order valence-corrected chi connectivity index (χ3v) is 4.65. The zero-order chi connectivity index (χ0) is 14.9. The van der Waals surface area contributed by atoms with Crippen molar-refractivity contribution < 1.29 is 17.2 Å². The number of anilines is 1. The Kier molecular flexibility index (Phi) is 3.76. The van der Waals surface area contributed by atoms with Gasteiger partial charge in [0.15, 0.2) is 9.84 Å². The maximum atomic E-state index is 13.1. The first-order chi connectivity index (χ1) is 9.28. The fraction of sp³-hybridized carbons (Fsp3) is 0.143. The van der Waals surface area contributed by atoms with E-state index in [1.807, 2.05) is 0 Å². The number of sulfone groups is 1. The predicted molar refractivity (Wildman–Crippen MR) is 72.8 cm³/mol. The summed E-state index contributed by atoms with van der Waals surface area (Å²) in [5.41, 5.74) is 6.60. The number of hydrogen-bond acceptors (Lipinski definition) is 3. The molecule has 3 nitrogen and oxygen atoms in total. The van der Waals surface area contributed by atoms with Gasteiger partial charge < -0.3 is 5.73 Å². The van der Waals surface area contributed by atoms with Crippen LogP contribution in [0.1, 0.15) is 11.1 Å². The second-order valence-electron chi connectivity index (χ2n) is 4.56. The average Bonchev–Trinajstić information content (AvgIpc) is 2.25. The lowest BCUT2D eigenvalue weighted by Crippen LogP contribution is -2.07. The van der Waals surface area contributed by atoms with Crippen LogP contribution in [0.15, 0.2) is 41.3 Å². The molecule has 0 radical (unpaired) electrons. The van der Waals surface area contributed by atoms with Crippen molar-refractivity contribution in [3.63, 3.8) is 0 Å². The molecular weight excluding hydrogens is 284 g/mol. The molecular formula is C14H13F2NO2S. The van der Waals surface area contributed by atoms with E-state index in [9.17, 15) is 17.2 Å². The highest BCUT2D eigenvalue weighted by Gasteiger charge is 2.18. The molecule has 0 saturated heterocycles. The quantitative estimate of drug-likeness (QED) is 0.886. The number of aryl methyl sites for hydroxylation is 1. The fourth-order valence-corrected chi connectivity index (χ4v) is 3.60. The zero-order valence-corrected chi connectivity index (χ0v) is 11.5. The van der Waals surface area contributed by atoms with Crippen molar-refractivity contribution in [2.45, 2.75) is 17.6 Å². The van der Waals surface area contributed by atoms with Crippen LogP contribution in [0, 0.1) is 18.6 Å². The van der Waals surface area contributed by atoms with E-state index in [-0.39, 0.29) is 10.5 Å². The molecule has 0 fully saturated rings. The molecule has 0 unspecified atom stereocenters. The van der Waals surface area contributed by atoms with Gasteiger partial charge in [-0.05, 0) is 48.4 Å². The summed E-state index contributed by atoms with van der Waals surface area (Å²) in [5, 5.41) is 0. The molecule has 0 amide bonds. The zero-order valence-electron chi connectivity index (χ0n) is 10.7. The van der Waals surface area contributed by atoms with Crippen LogP contribution in [0.3, 0.4) is 0 Å². The van der Waals surface area contributed by atoms with Crippen molar-refractivity contribution in [1.29, 1.82) is 0 Å². The van der Waals surface area contributed by atoms with Crippen LogP contribution in [0.4, 0.5) is 14.5 Å². The first-order valence-electron chi connectivity index (χ1n) is 5.82. The summed E-state index contributed by atoms with van der Waals surface area (Å²) in [7, 11) is -3.68. The number of nitrogens with two attached hydrogens (primary N) is 1. The van der Waals surface area contributed by atoms with Crippen molar-refractivity contribution in [2.75, 3.05) is 5.73 Å². The van der Waals surface area contributed by atoms with E-state index < -0.39 is 27.2 Å². The Morgan fingerprint density at radius 1 is 1.05 bits per heavy atom. The normalized spacial score (nSPS) is 11.6. The standard InChI is InChI=1S/C14H13F2NO2S/c1-9-4-13(17)2-3-14(9)20(18,19)8-10-5-11(15)7-12(16)6-10/h2-7H,8,17H2,1H3. The Morgan fingerprint density at radius 2 is 1.65 bits per heavy atom. The Bertz CT molecular complexity index is 738. The van der Waals surface area contributed by atoms with Gasteiger partial charge in [0, 0.05) is 11.8 Å². The number of halogens is 2. The molecule has 0 saturated carbocycles. The second kappa shape index (κ2) is 5.20. The van der Waals surface area contributed by atoms with Gasteiger partial charge in [-0.2, -0.15) is 0 Å². The average molecular weight is 297 g/mol. The molecule has 6 heteroatoms. The van der Waals surface area contributed by atoms with Crippen LogP contribution >= 0.6 is 0 Å². The molecule has 20 heavy (non-hydrogen) atoms. The first kappa shape index (κ1) is 14.5. The van der Waals surface area contributed by atoms with Crippen molar-refractivity contribution in [1.82, 2.24) is 0 Å². The van der Waals surface area contributed by atoms with Gasteiger partial charge in [0.05, 0.1) is 10.6 Å². The van der Waals surface area contributed by atoms with Crippen molar-refractivity contribution >= 4 is 15.5 Å². The summed E-state index contributed by atoms with van der Waals surface area (Å²) in [4.78, 5) is 0.108. The molecule has 0 aliphatic rings. The summed E-state index contributed by atoms with van der Waals surface area (Å²) < 4.78 is 50.7. The number of nitrogen functional groups attached to an aromatic ring is 1. The lowest BCUT2D eigenvalue weighted by molar-refractivity contribution is 0.579. The van der Waals surface area contributed by atoms with Crippen LogP contribution in [0.25, 0.3) is 0 Å². The third kappa shape index (κ3) is 3.14. The maximum Gasteiger partial charge on any atom is 0.182 e. The Morgan fingerprint density at radius 3 is 2.20 bits per heavy atom. The summed E-state index contributed by atoms with van der Waals surface area (Å²) in [6.45, 7) is 1.62. The lowest BCUT2D eigenvalue weighted by Gasteiger charge is -2.09. The summed E-state index contributed by atoms with van der Waals surface area (Å²) in [6, 6.07) is 7.13. The fourth-order valence-electron chi connectivity index (χ4n) is 2.01. The van der Waals surface area contributed by atoms with Gasteiger partial charge in [-0.3, -0.25) is 0 Å². The molecule has 2 rings (SSSR count). The topological polar surface area (TPSA) is 60.2 Å². The van der Waals surface area contributed by atoms with Crippen molar-refractivity contribution in [2.24, 2.45) is 0 Å². The first-order valence-corrected chi connectivity index (χ1v) is 7.47. The van der Waals surface area contributed by atoms with Crippen molar-refractivity contribution in [3.8, 4) is 0 Å². The minimum Gasteiger partial charge on any atom is -0.399 e. The Hall–Kier alpha value is -1.95. The smallest absolute Gasteiger partial charge is 0.182 e. The predicted octanol–water partition coefficient (Wildman–Crippen LogP) is 2.83. The number of hydrogen-bond donors (Lipinski definition) is 1. The molecule has 0 aliphatic heterocycles. The van der Waals surface area contributed by atoms with E-state index in [4.69, 9.17) is 5.73 Å². The van der Waals surface area contributed by atoms with Crippen LogP contribution in [0.5, 0.6) is 0 Å². The monoisotopic (exact) mass is 297 g/mol. The SMILES string of the molecule is Cc1cc(N)ccc1S(=O)(=O)Cc1cc(F)cc(F)c1. The Balaban J connectivity index is 2.40. The summed E-state index contributed by atoms with van der Waals surface area (Å²) in [6.07, 6.45) is 0. The highest BCUT2D eigenvalue weighted by atomic mass is 32.2. The lowest BCUT2D eigenvalue weighted by atomic mass is 10.2. The highest BCUT2D eigenvalue weighted by molar-refractivity contribution is 7.90. The van der Waals surface area contributed by atoms with E-state index in [1.165, 1.54) is 12.1 Å². The molecule has 2 aromatic rings. The van der Waals surface area contributed by atoms with Gasteiger partial charge in [0.25, 0.3) is 0 Å². The summed E-state index contributed by atoms with van der Waals surface area (Å²) >= 11 is 0. The van der Waals surface area contributed by atoms with Gasteiger partial charge in [-0.1, -0.05) is 0 Å². The highest BCUT2D eigenvalue weighted by Crippen LogP contribution is 2.22. The van der Waals surface area contributed by atoms with Gasteiger partial charge in [-0.15, -0.1) is 0 Å². The van der Waals surface area contributed by atoms with Crippen LogP contribution < -0.4 is 5.73 Å². The molecule has 0 aliphatic carbocycles. The molecule has 0 atom stereocenters. The van der Waals surface area contributed by atoms with Crippen LogP contribution in [-0.4, -0.2) is 8.42 Å². The van der Waals surface area contributed by atoms with E-state index in [0.29, 0.717) is 17.3 Å². The minimum absolute atomic E-state index is 0.0683. The molecule has 0 bridgehead atoms. The molecule has 0 heterocycles. The van der Waals surface area contributed by atoms with E-state index in [1.54, 1.807) is 13.0 Å². The van der Waals surface area contributed by atoms with Crippen LogP contribution in [0.2, 0.25) is 0 Å². The van der Waals surface area contributed by atoms with E-state index >= 15 is 0 Å². The van der Waals surface area contributed by atoms with E-state index in [2.05, 4.69) is 0 Å². The van der Waals surface area contributed by atoms with Gasteiger partial charge in [0.2, 0.25) is 0 Å². The van der Waals surface area contributed by atoms with Gasteiger partial charge >= 0.3 is 0 Å². The number of rotatable bonds is 3. The van der Waals surface area contributed by atoms with E-state index in [0.717, 1.165) is 12.1 Å². The third-order valence-electron chi connectivity index (χ3n) is 2.81. The number of benzene rings is 2. The Labute approximate surface area is 116 Å². The molecule has 2 aromatic carbocycles. The molecule has 2 N–H and O–H groups in total. The van der Waals surface area contributed by atoms with Gasteiger partial charge in [0.1, 0.15) is 11.6 Å². The second-order valence-corrected chi connectivity index (χ2v) is 6.52. The van der Waals surface area contributed by atoms with Gasteiger partial charge in [-0.25, -0.2) is 17.2 Å². The largest absolute Gasteiger partial charge is 0.399 e. The van der Waals surface area contributed by atoms with Crippen molar-refractivity contribution in [3.05, 3.63) is 59.2 Å². The van der Waals surface area contributed by atoms with Crippen LogP contribution in [-0.2, 0) is 15.6 Å². The molecule has 106 valence electrons. The minimum atomic E-state index is -3.68. The summed E-state index contributed by atoms with van der Waals surface area (Å²) in [5.74, 6) is -2.07. The molecule has 0 spiro atoms.